The molecular formula is C20H22Cl2N2O4. The number of hydrogen-bond acceptors (Lipinski definition) is 6. The van der Waals surface area contributed by atoms with Crippen molar-refractivity contribution < 1.29 is 19.2 Å². The monoisotopic (exact) mass is 424 g/mol. The molecule has 1 atom stereocenters. The number of rotatable bonds is 8. The number of nitrogens with one attached hydrogen (secondary N) is 1. The van der Waals surface area contributed by atoms with Crippen molar-refractivity contribution in [1.29, 1.82) is 0 Å². The Hall–Kier alpha value is -2.12. The summed E-state index contributed by atoms with van der Waals surface area (Å²) in [6.07, 6.45) is 0. The average molecular weight is 425 g/mol. The maximum Gasteiger partial charge on any atom is 0.360 e. The molecule has 0 spiro atoms. The van der Waals surface area contributed by atoms with E-state index in [2.05, 4.69) is 10.6 Å². The van der Waals surface area contributed by atoms with Crippen LogP contribution in [-0.4, -0.2) is 25.9 Å². The first-order valence-corrected chi connectivity index (χ1v) is 9.24. The molecule has 8 heteroatoms. The molecular weight excluding hydrogens is 403 g/mol. The Morgan fingerprint density at radius 3 is 2.46 bits per heavy atom. The third kappa shape index (κ3) is 5.69. The Bertz CT molecular complexity index is 851. The van der Waals surface area contributed by atoms with Gasteiger partial charge in [0.15, 0.2) is 5.71 Å². The quantitative estimate of drug-likeness (QED) is 0.380. The zero-order valence-corrected chi connectivity index (χ0v) is 17.6. The molecule has 0 aromatic heterocycles. The van der Waals surface area contributed by atoms with Crippen LogP contribution in [0.15, 0.2) is 41.6 Å². The van der Waals surface area contributed by atoms with E-state index < -0.39 is 5.97 Å². The van der Waals surface area contributed by atoms with E-state index in [1.807, 2.05) is 38.1 Å². The fraction of sp³-hybridized carbons (Fsp3) is 0.300. The molecule has 0 radical (unpaired) electrons. The van der Waals surface area contributed by atoms with E-state index >= 15 is 0 Å². The number of esters is 1. The van der Waals surface area contributed by atoms with Crippen molar-refractivity contribution in [3.05, 3.63) is 68.7 Å². The Balaban J connectivity index is 2.18. The van der Waals surface area contributed by atoms with Crippen LogP contribution < -0.4 is 5.48 Å². The molecule has 2 aromatic carbocycles. The molecule has 1 N–H and O–H groups in total. The van der Waals surface area contributed by atoms with E-state index in [0.717, 1.165) is 16.7 Å². The highest BCUT2D eigenvalue weighted by Crippen LogP contribution is 2.24. The maximum absolute atomic E-state index is 12.1. The second kappa shape index (κ2) is 10.4. The largest absolute Gasteiger partial charge is 0.464 e. The summed E-state index contributed by atoms with van der Waals surface area (Å²) in [6, 6.07) is 10.7. The van der Waals surface area contributed by atoms with Gasteiger partial charge < -0.3 is 9.57 Å². The van der Waals surface area contributed by atoms with Gasteiger partial charge in [0.25, 0.3) is 0 Å². The summed E-state index contributed by atoms with van der Waals surface area (Å²) in [6.45, 7) is 4.04. The van der Waals surface area contributed by atoms with Gasteiger partial charge in [-0.25, -0.2) is 4.79 Å². The molecule has 0 saturated carbocycles. The molecule has 0 aliphatic heterocycles. The zero-order valence-electron chi connectivity index (χ0n) is 16.1. The number of benzene rings is 2. The van der Waals surface area contributed by atoms with E-state index in [1.165, 1.54) is 14.2 Å². The standard InChI is InChI=1S/C20H22Cl2N2O4/c1-12-6-5-7-17(19(24-27-4)20(25)26-3)18(12)11-28-23-13(2)14-8-15(21)10-16(22)9-14/h5-10,13,23H,11H2,1-4H3/b24-19+. The van der Waals surface area contributed by atoms with Gasteiger partial charge in [-0.1, -0.05) is 46.6 Å². The molecule has 1 unspecified atom stereocenters. The minimum atomic E-state index is -0.594. The minimum absolute atomic E-state index is 0.0713. The molecule has 0 aliphatic rings. The van der Waals surface area contributed by atoms with Gasteiger partial charge in [-0.3, -0.25) is 4.84 Å². The molecule has 6 nitrogen and oxygen atoms in total. The summed E-state index contributed by atoms with van der Waals surface area (Å²) in [5.41, 5.74) is 6.22. The van der Waals surface area contributed by atoms with Gasteiger partial charge in [-0.15, -0.1) is 0 Å². The second-order valence-electron chi connectivity index (χ2n) is 6.05. The predicted molar refractivity (Wildman–Crippen MR) is 110 cm³/mol. The highest BCUT2D eigenvalue weighted by molar-refractivity contribution is 6.43. The van der Waals surface area contributed by atoms with Crippen molar-refractivity contribution >= 4 is 34.9 Å². The van der Waals surface area contributed by atoms with E-state index in [-0.39, 0.29) is 18.4 Å². The maximum atomic E-state index is 12.1. The summed E-state index contributed by atoms with van der Waals surface area (Å²) in [5, 5.41) is 4.92. The van der Waals surface area contributed by atoms with Crippen LogP contribution in [0.25, 0.3) is 0 Å². The van der Waals surface area contributed by atoms with Gasteiger partial charge >= 0.3 is 5.97 Å². The normalized spacial score (nSPS) is 12.6. The fourth-order valence-electron chi connectivity index (χ4n) is 2.63. The van der Waals surface area contributed by atoms with Crippen molar-refractivity contribution in [1.82, 2.24) is 5.48 Å². The first-order valence-electron chi connectivity index (χ1n) is 8.49. The molecule has 0 amide bonds. The Morgan fingerprint density at radius 1 is 1.18 bits per heavy atom. The van der Waals surface area contributed by atoms with Crippen LogP contribution >= 0.6 is 23.2 Å². The number of hydroxylamine groups is 1. The third-order valence-corrected chi connectivity index (χ3v) is 4.52. The molecule has 2 rings (SSSR count). The predicted octanol–water partition coefficient (Wildman–Crippen LogP) is 4.61. The van der Waals surface area contributed by atoms with E-state index in [4.69, 9.17) is 37.6 Å². The molecule has 0 heterocycles. The molecule has 0 aliphatic carbocycles. The smallest absolute Gasteiger partial charge is 0.360 e. The summed E-state index contributed by atoms with van der Waals surface area (Å²) in [4.78, 5) is 22.6. The van der Waals surface area contributed by atoms with Crippen LogP contribution in [0.2, 0.25) is 10.0 Å². The number of aryl methyl sites for hydroxylation is 1. The number of carbonyl (C=O) groups is 1. The van der Waals surface area contributed by atoms with Crippen LogP contribution in [0.4, 0.5) is 0 Å². The van der Waals surface area contributed by atoms with Gasteiger partial charge in [0.05, 0.1) is 19.8 Å². The van der Waals surface area contributed by atoms with E-state index in [0.29, 0.717) is 15.6 Å². The number of nitrogens with zero attached hydrogens (tertiary/aromatic N) is 1. The van der Waals surface area contributed by atoms with Crippen molar-refractivity contribution in [2.24, 2.45) is 5.16 Å². The Kier molecular flexibility index (Phi) is 8.26. The summed E-state index contributed by atoms with van der Waals surface area (Å²) in [7, 11) is 2.66. The topological polar surface area (TPSA) is 69.2 Å². The van der Waals surface area contributed by atoms with Gasteiger partial charge in [-0.2, -0.15) is 5.48 Å². The van der Waals surface area contributed by atoms with Crippen molar-refractivity contribution in [3.8, 4) is 0 Å². The van der Waals surface area contributed by atoms with Crippen molar-refractivity contribution in [2.75, 3.05) is 14.2 Å². The SMILES string of the molecule is CO/N=C(/C(=O)OC)c1cccc(C)c1CONC(C)c1cc(Cl)cc(Cl)c1. The molecule has 0 fully saturated rings. The lowest BCUT2D eigenvalue weighted by molar-refractivity contribution is -0.132. The van der Waals surface area contributed by atoms with Gasteiger partial charge in [0.1, 0.15) is 7.11 Å². The Labute approximate surface area is 174 Å². The fourth-order valence-corrected chi connectivity index (χ4v) is 3.18. The molecule has 0 saturated heterocycles. The van der Waals surface area contributed by atoms with Gasteiger partial charge in [0, 0.05) is 15.6 Å². The first kappa shape index (κ1) is 22.2. The molecule has 0 bridgehead atoms. The van der Waals surface area contributed by atoms with Crippen molar-refractivity contribution in [3.63, 3.8) is 0 Å². The number of oxime groups is 1. The number of ether oxygens (including phenoxy) is 1. The number of carbonyl (C=O) groups excluding carboxylic acids is 1. The highest BCUT2D eigenvalue weighted by atomic mass is 35.5. The van der Waals surface area contributed by atoms with Crippen LogP contribution in [0.5, 0.6) is 0 Å². The number of methoxy groups -OCH3 is 1. The highest BCUT2D eigenvalue weighted by Gasteiger charge is 2.20. The zero-order chi connectivity index (χ0) is 20.7. The van der Waals surface area contributed by atoms with Crippen LogP contribution in [0, 0.1) is 6.92 Å². The van der Waals surface area contributed by atoms with Crippen molar-refractivity contribution in [2.45, 2.75) is 26.5 Å². The lowest BCUT2D eigenvalue weighted by Crippen LogP contribution is -2.23. The number of halogens is 2. The summed E-state index contributed by atoms with van der Waals surface area (Å²) in [5.74, 6) is -0.594. The van der Waals surface area contributed by atoms with Crippen LogP contribution in [-0.2, 0) is 25.8 Å². The minimum Gasteiger partial charge on any atom is -0.464 e. The molecule has 2 aromatic rings. The molecule has 28 heavy (non-hydrogen) atoms. The lowest BCUT2D eigenvalue weighted by atomic mass is 9.99. The summed E-state index contributed by atoms with van der Waals surface area (Å²) < 4.78 is 4.81. The lowest BCUT2D eigenvalue weighted by Gasteiger charge is -2.17. The third-order valence-electron chi connectivity index (χ3n) is 4.09. The average Bonchev–Trinajstić information content (AvgIpc) is 2.66. The number of hydrogen-bond donors (Lipinski definition) is 1. The van der Waals surface area contributed by atoms with Gasteiger partial charge in [-0.05, 0) is 48.7 Å². The Morgan fingerprint density at radius 2 is 1.86 bits per heavy atom. The van der Waals surface area contributed by atoms with Crippen LogP contribution in [0.1, 0.15) is 35.2 Å². The molecule has 150 valence electrons. The second-order valence-corrected chi connectivity index (χ2v) is 6.92. The summed E-state index contributed by atoms with van der Waals surface area (Å²) >= 11 is 12.1. The van der Waals surface area contributed by atoms with E-state index in [1.54, 1.807) is 12.1 Å². The van der Waals surface area contributed by atoms with Crippen LogP contribution in [0.3, 0.4) is 0 Å². The van der Waals surface area contributed by atoms with E-state index in [9.17, 15) is 4.79 Å². The van der Waals surface area contributed by atoms with Gasteiger partial charge in [0.2, 0.25) is 0 Å². The first-order chi connectivity index (χ1) is 13.4.